The number of amides is 1. The molecular weight excluding hydrogens is 122 g/mol. The molecule has 9 heavy (non-hydrogen) atoms. The Bertz CT molecular complexity index is 127. The van der Waals surface area contributed by atoms with Crippen LogP contribution < -0.4 is 16.6 Å². The fourth-order valence-corrected chi connectivity index (χ4v) is 0.785. The van der Waals surface area contributed by atoms with Gasteiger partial charge < -0.3 is 10.4 Å². The van der Waals surface area contributed by atoms with Gasteiger partial charge in [0.15, 0.2) is 0 Å². The lowest BCUT2D eigenvalue weighted by Crippen LogP contribution is -2.70. The van der Waals surface area contributed by atoms with E-state index in [4.69, 9.17) is 10.9 Å². The Labute approximate surface area is 52.2 Å². The first kappa shape index (κ1) is 6.47. The van der Waals surface area contributed by atoms with Crippen molar-refractivity contribution in [3.05, 3.63) is 0 Å². The Morgan fingerprint density at radius 2 is 2.56 bits per heavy atom. The number of rotatable bonds is 2. The van der Waals surface area contributed by atoms with Crippen molar-refractivity contribution in [3.8, 4) is 0 Å². The molecule has 1 rings (SSSR count). The number of nitrogens with one attached hydrogen (secondary N) is 2. The van der Waals surface area contributed by atoms with Crippen LogP contribution in [0.15, 0.2) is 0 Å². The molecule has 1 amide bonds. The molecule has 0 aromatic heterocycles. The number of aliphatic hydroxyl groups is 1. The maximum atomic E-state index is 10.5. The van der Waals surface area contributed by atoms with Gasteiger partial charge >= 0.3 is 0 Å². The predicted octanol–water partition coefficient (Wildman–Crippen LogP) is -2.69. The van der Waals surface area contributed by atoms with Gasteiger partial charge in [0.1, 0.15) is 6.04 Å². The van der Waals surface area contributed by atoms with Crippen LogP contribution in [0.3, 0.4) is 0 Å². The number of carbonyl (C=O) groups excluding carboxylic acids is 1. The molecule has 0 radical (unpaired) electrons. The Morgan fingerprint density at radius 1 is 1.89 bits per heavy atom. The van der Waals surface area contributed by atoms with Gasteiger partial charge in [-0.2, -0.15) is 0 Å². The van der Waals surface area contributed by atoms with E-state index in [0.29, 0.717) is 0 Å². The average Bonchev–Trinajstić information content (AvgIpc) is 1.83. The van der Waals surface area contributed by atoms with Crippen LogP contribution in [0.1, 0.15) is 0 Å². The molecular formula is C4H9N3O2. The zero-order chi connectivity index (χ0) is 6.85. The zero-order valence-electron chi connectivity index (χ0n) is 4.79. The summed E-state index contributed by atoms with van der Waals surface area (Å²) in [6, 6.07) is -0.613. The minimum atomic E-state index is -0.407. The van der Waals surface area contributed by atoms with Gasteiger partial charge in [-0.25, -0.2) is 5.43 Å². The largest absolute Gasteiger partial charge is 0.394 e. The summed E-state index contributed by atoms with van der Waals surface area (Å²) in [5, 5.41) is 11.0. The number of aliphatic hydroxyl groups excluding tert-OH is 1. The smallest absolute Gasteiger partial charge is 0.241 e. The van der Waals surface area contributed by atoms with E-state index < -0.39 is 6.04 Å². The third kappa shape index (κ3) is 0.893. The molecule has 52 valence electrons. The summed E-state index contributed by atoms with van der Waals surface area (Å²) in [5.74, 6) is 4.81. The van der Waals surface area contributed by atoms with Crippen molar-refractivity contribution < 1.29 is 9.90 Å². The van der Waals surface area contributed by atoms with E-state index in [0.717, 1.165) is 0 Å². The zero-order valence-corrected chi connectivity index (χ0v) is 4.79. The summed E-state index contributed by atoms with van der Waals surface area (Å²) >= 11 is 0. The molecule has 1 heterocycles. The van der Waals surface area contributed by atoms with Gasteiger partial charge in [0, 0.05) is 0 Å². The van der Waals surface area contributed by atoms with Crippen molar-refractivity contribution in [1.29, 1.82) is 0 Å². The topological polar surface area (TPSA) is 87.4 Å². The molecule has 0 bridgehead atoms. The van der Waals surface area contributed by atoms with Gasteiger partial charge in [0.05, 0.1) is 12.6 Å². The van der Waals surface area contributed by atoms with Gasteiger partial charge in [0.2, 0.25) is 5.91 Å². The lowest BCUT2D eigenvalue weighted by atomic mass is 10.0. The van der Waals surface area contributed by atoms with Crippen molar-refractivity contribution >= 4 is 5.91 Å². The first-order valence-corrected chi connectivity index (χ1v) is 2.67. The van der Waals surface area contributed by atoms with Crippen molar-refractivity contribution in [1.82, 2.24) is 10.7 Å². The summed E-state index contributed by atoms with van der Waals surface area (Å²) in [6.07, 6.45) is 0. The lowest BCUT2D eigenvalue weighted by Gasteiger charge is -2.34. The first-order valence-electron chi connectivity index (χ1n) is 2.67. The molecule has 1 aliphatic rings. The Balaban J connectivity index is 2.38. The molecule has 0 spiro atoms. The van der Waals surface area contributed by atoms with E-state index in [1.807, 2.05) is 0 Å². The fourth-order valence-electron chi connectivity index (χ4n) is 0.785. The number of β-lactam (4-membered cyclic amide) rings is 1. The second kappa shape index (κ2) is 2.30. The SMILES string of the molecule is NN[C@@H]1C(=O)N[C@@H]1CO. The van der Waals surface area contributed by atoms with Crippen LogP contribution in [0, 0.1) is 0 Å². The molecule has 5 heteroatoms. The second-order valence-electron chi connectivity index (χ2n) is 1.94. The Morgan fingerprint density at radius 3 is 2.78 bits per heavy atom. The highest BCUT2D eigenvalue weighted by atomic mass is 16.3. The van der Waals surface area contributed by atoms with E-state index in [1.165, 1.54) is 0 Å². The van der Waals surface area contributed by atoms with Crippen molar-refractivity contribution in [3.63, 3.8) is 0 Å². The maximum Gasteiger partial charge on any atom is 0.241 e. The molecule has 1 aliphatic heterocycles. The van der Waals surface area contributed by atoms with Crippen LogP contribution in [0.4, 0.5) is 0 Å². The molecule has 0 aromatic rings. The highest BCUT2D eigenvalue weighted by Crippen LogP contribution is 2.02. The summed E-state index contributed by atoms with van der Waals surface area (Å²) in [7, 11) is 0. The summed E-state index contributed by atoms with van der Waals surface area (Å²) < 4.78 is 0. The standard InChI is InChI=1S/C4H9N3O2/c5-7-3-2(1-8)6-4(3)9/h2-3,7-8H,1,5H2,(H,6,9)/t2-,3+/m1/s1. The Kier molecular flexibility index (Phi) is 1.65. The summed E-state index contributed by atoms with van der Waals surface area (Å²) in [4.78, 5) is 10.5. The van der Waals surface area contributed by atoms with Crippen LogP contribution in [0.2, 0.25) is 0 Å². The van der Waals surface area contributed by atoms with Crippen molar-refractivity contribution in [2.24, 2.45) is 5.84 Å². The normalized spacial score (nSPS) is 33.3. The van der Waals surface area contributed by atoms with Crippen LogP contribution in [-0.4, -0.2) is 29.7 Å². The van der Waals surface area contributed by atoms with Crippen LogP contribution in [0.25, 0.3) is 0 Å². The predicted molar refractivity (Wildman–Crippen MR) is 30.1 cm³/mol. The molecule has 2 atom stereocenters. The van der Waals surface area contributed by atoms with Crippen molar-refractivity contribution in [2.75, 3.05) is 6.61 Å². The molecule has 5 N–H and O–H groups in total. The minimum absolute atomic E-state index is 0.0688. The third-order valence-electron chi connectivity index (χ3n) is 1.39. The molecule has 1 fully saturated rings. The maximum absolute atomic E-state index is 10.5. The van der Waals surface area contributed by atoms with Gasteiger partial charge in [-0.15, -0.1) is 0 Å². The molecule has 0 aliphatic carbocycles. The number of hydrazine groups is 1. The highest BCUT2D eigenvalue weighted by molar-refractivity contribution is 5.89. The monoisotopic (exact) mass is 131 g/mol. The van der Waals surface area contributed by atoms with E-state index in [-0.39, 0.29) is 18.6 Å². The lowest BCUT2D eigenvalue weighted by molar-refractivity contribution is -0.132. The van der Waals surface area contributed by atoms with E-state index >= 15 is 0 Å². The second-order valence-corrected chi connectivity index (χ2v) is 1.94. The molecule has 0 unspecified atom stereocenters. The highest BCUT2D eigenvalue weighted by Gasteiger charge is 2.37. The van der Waals surface area contributed by atoms with Crippen LogP contribution >= 0.6 is 0 Å². The Hall–Kier alpha value is -0.650. The number of nitrogens with two attached hydrogens (primary N) is 1. The van der Waals surface area contributed by atoms with Crippen LogP contribution in [-0.2, 0) is 4.79 Å². The van der Waals surface area contributed by atoms with Gasteiger partial charge in [-0.05, 0) is 0 Å². The summed E-state index contributed by atoms with van der Waals surface area (Å²) in [6.45, 7) is -0.0688. The number of hydrogen-bond acceptors (Lipinski definition) is 4. The third-order valence-corrected chi connectivity index (χ3v) is 1.39. The average molecular weight is 131 g/mol. The number of carbonyl (C=O) groups is 1. The molecule has 0 saturated carbocycles. The van der Waals surface area contributed by atoms with Crippen LogP contribution in [0.5, 0.6) is 0 Å². The summed E-state index contributed by atoms with van der Waals surface area (Å²) in [5.41, 5.74) is 2.28. The first-order chi connectivity index (χ1) is 4.29. The minimum Gasteiger partial charge on any atom is -0.394 e. The van der Waals surface area contributed by atoms with E-state index in [1.54, 1.807) is 0 Å². The van der Waals surface area contributed by atoms with E-state index in [2.05, 4.69) is 10.7 Å². The molecule has 1 saturated heterocycles. The number of hydrogen-bond donors (Lipinski definition) is 4. The van der Waals surface area contributed by atoms with Gasteiger partial charge in [-0.3, -0.25) is 10.6 Å². The van der Waals surface area contributed by atoms with Crippen molar-refractivity contribution in [2.45, 2.75) is 12.1 Å². The molecule has 0 aromatic carbocycles. The van der Waals surface area contributed by atoms with E-state index in [9.17, 15) is 4.79 Å². The fraction of sp³-hybridized carbons (Fsp3) is 0.750. The van der Waals surface area contributed by atoms with Gasteiger partial charge in [0.25, 0.3) is 0 Å². The van der Waals surface area contributed by atoms with Gasteiger partial charge in [-0.1, -0.05) is 0 Å². The quantitative estimate of drug-likeness (QED) is 0.187. The molecule has 5 nitrogen and oxygen atoms in total.